The Morgan fingerprint density at radius 3 is 2.90 bits per heavy atom. The first-order chi connectivity index (χ1) is 14.7. The molecule has 156 valence electrons. The number of piperidine rings is 1. The van der Waals surface area contributed by atoms with Gasteiger partial charge < -0.3 is 14.8 Å². The summed E-state index contributed by atoms with van der Waals surface area (Å²) in [6.45, 7) is 4.46. The van der Waals surface area contributed by atoms with Gasteiger partial charge in [0.05, 0.1) is 5.92 Å². The summed E-state index contributed by atoms with van der Waals surface area (Å²) in [5.41, 5.74) is 2.87. The number of carbonyl (C=O) groups is 1. The van der Waals surface area contributed by atoms with Crippen LogP contribution in [0.3, 0.4) is 0 Å². The smallest absolute Gasteiger partial charge is 0.230 e. The van der Waals surface area contributed by atoms with Gasteiger partial charge in [0.15, 0.2) is 17.0 Å². The van der Waals surface area contributed by atoms with Crippen molar-refractivity contribution in [3.05, 3.63) is 36.0 Å². The molecule has 5 rings (SSSR count). The number of hydrogen-bond acceptors (Lipinski definition) is 6. The zero-order chi connectivity index (χ0) is 20.5. The van der Waals surface area contributed by atoms with E-state index in [2.05, 4.69) is 29.7 Å². The van der Waals surface area contributed by atoms with E-state index in [1.807, 2.05) is 19.1 Å². The van der Waals surface area contributed by atoms with E-state index in [0.717, 1.165) is 67.1 Å². The van der Waals surface area contributed by atoms with Crippen molar-refractivity contribution < 1.29 is 4.79 Å². The first-order valence-electron chi connectivity index (χ1n) is 10.9. The van der Waals surface area contributed by atoms with Crippen molar-refractivity contribution in [1.82, 2.24) is 24.5 Å². The van der Waals surface area contributed by atoms with Gasteiger partial charge in [-0.15, -0.1) is 0 Å². The molecule has 2 aliphatic rings. The zero-order valence-electron chi connectivity index (χ0n) is 17.3. The summed E-state index contributed by atoms with van der Waals surface area (Å²) in [6, 6.07) is 3.80. The Morgan fingerprint density at radius 1 is 1.10 bits per heavy atom. The molecule has 2 aliphatic heterocycles. The number of imidazole rings is 1. The van der Waals surface area contributed by atoms with E-state index < -0.39 is 0 Å². The molecule has 0 spiro atoms. The van der Waals surface area contributed by atoms with Gasteiger partial charge in [0.2, 0.25) is 5.91 Å². The summed E-state index contributed by atoms with van der Waals surface area (Å²) in [7, 11) is 0. The van der Waals surface area contributed by atoms with E-state index in [0.29, 0.717) is 12.4 Å². The van der Waals surface area contributed by atoms with Crippen molar-refractivity contribution in [1.29, 1.82) is 0 Å². The maximum atomic E-state index is 12.9. The third-order valence-electron chi connectivity index (χ3n) is 6.13. The number of aryl methyl sites for hydroxylation is 3. The molecule has 1 saturated heterocycles. The number of anilines is 2. The van der Waals surface area contributed by atoms with Crippen molar-refractivity contribution in [2.45, 2.75) is 52.0 Å². The van der Waals surface area contributed by atoms with Crippen LogP contribution < -0.4 is 10.2 Å². The number of carbonyl (C=O) groups excluding carboxylic acids is 1. The second kappa shape index (κ2) is 8.01. The Balaban J connectivity index is 1.37. The fourth-order valence-electron chi connectivity index (χ4n) is 4.51. The van der Waals surface area contributed by atoms with Crippen LogP contribution in [0.2, 0.25) is 0 Å². The highest BCUT2D eigenvalue weighted by Gasteiger charge is 2.29. The minimum absolute atomic E-state index is 0.0157. The molecule has 0 radical (unpaired) electrons. The third kappa shape index (κ3) is 3.62. The van der Waals surface area contributed by atoms with Crippen LogP contribution >= 0.6 is 0 Å². The summed E-state index contributed by atoms with van der Waals surface area (Å²) in [6.07, 6.45) is 9.77. The van der Waals surface area contributed by atoms with E-state index in [-0.39, 0.29) is 11.8 Å². The lowest BCUT2D eigenvalue weighted by atomic mass is 9.97. The van der Waals surface area contributed by atoms with Gasteiger partial charge in [-0.2, -0.15) is 0 Å². The minimum atomic E-state index is -0.104. The molecular weight excluding hydrogens is 378 g/mol. The predicted molar refractivity (Wildman–Crippen MR) is 115 cm³/mol. The number of pyridine rings is 1. The third-order valence-corrected chi connectivity index (χ3v) is 6.13. The minimum Gasteiger partial charge on any atom is -0.354 e. The highest BCUT2D eigenvalue weighted by Crippen LogP contribution is 2.29. The average Bonchev–Trinajstić information content (AvgIpc) is 2.96. The van der Waals surface area contributed by atoms with Gasteiger partial charge in [-0.25, -0.2) is 19.9 Å². The highest BCUT2D eigenvalue weighted by molar-refractivity contribution is 5.92. The summed E-state index contributed by atoms with van der Waals surface area (Å²) in [4.78, 5) is 33.4. The van der Waals surface area contributed by atoms with Gasteiger partial charge in [0.25, 0.3) is 0 Å². The molecule has 0 saturated carbocycles. The van der Waals surface area contributed by atoms with Gasteiger partial charge in [0.1, 0.15) is 18.0 Å². The highest BCUT2D eigenvalue weighted by atomic mass is 16.2. The maximum Gasteiger partial charge on any atom is 0.230 e. The van der Waals surface area contributed by atoms with Gasteiger partial charge in [-0.05, 0) is 44.2 Å². The van der Waals surface area contributed by atoms with Crippen molar-refractivity contribution in [2.75, 3.05) is 23.3 Å². The molecule has 1 atom stereocenters. The standard InChI is InChI=1S/C22H27N7O/c1-15-8-9-17(23-12-15)26-22(30)16-6-5-10-28(13-16)20-19-21(25-14-24-20)29-11-4-2-3-7-18(29)27-19/h8-9,12,14,16H,2-7,10-11,13H2,1H3,(H,23,26,30)/t16-/m1/s1. The quantitative estimate of drug-likeness (QED) is 0.720. The Labute approximate surface area is 175 Å². The van der Waals surface area contributed by atoms with Crippen molar-refractivity contribution in [3.8, 4) is 0 Å². The monoisotopic (exact) mass is 405 g/mol. The topological polar surface area (TPSA) is 88.8 Å². The van der Waals surface area contributed by atoms with E-state index in [9.17, 15) is 4.79 Å². The molecule has 8 heteroatoms. The molecule has 3 aromatic rings. The molecule has 0 aromatic carbocycles. The van der Waals surface area contributed by atoms with Crippen LogP contribution in [-0.2, 0) is 17.8 Å². The van der Waals surface area contributed by atoms with E-state index in [4.69, 9.17) is 4.98 Å². The first-order valence-corrected chi connectivity index (χ1v) is 10.9. The largest absolute Gasteiger partial charge is 0.354 e. The fourth-order valence-corrected chi connectivity index (χ4v) is 4.51. The van der Waals surface area contributed by atoms with Crippen molar-refractivity contribution in [3.63, 3.8) is 0 Å². The van der Waals surface area contributed by atoms with Crippen LogP contribution in [0, 0.1) is 12.8 Å². The number of amides is 1. The van der Waals surface area contributed by atoms with Crippen molar-refractivity contribution >= 4 is 28.7 Å². The van der Waals surface area contributed by atoms with E-state index in [1.165, 1.54) is 12.8 Å². The average molecular weight is 406 g/mol. The molecule has 1 N–H and O–H groups in total. The Bertz CT molecular complexity index is 1060. The van der Waals surface area contributed by atoms with Crippen molar-refractivity contribution in [2.24, 2.45) is 5.92 Å². The molecule has 30 heavy (non-hydrogen) atoms. The predicted octanol–water partition coefficient (Wildman–Crippen LogP) is 3.11. The molecular formula is C22H27N7O. The van der Waals surface area contributed by atoms with Crippen LogP contribution in [0.15, 0.2) is 24.7 Å². The van der Waals surface area contributed by atoms with Gasteiger partial charge in [-0.3, -0.25) is 4.79 Å². The Hall–Kier alpha value is -3.03. The second-order valence-corrected chi connectivity index (χ2v) is 8.36. The van der Waals surface area contributed by atoms with E-state index in [1.54, 1.807) is 12.5 Å². The number of aromatic nitrogens is 5. The van der Waals surface area contributed by atoms with Gasteiger partial charge in [-0.1, -0.05) is 12.5 Å². The molecule has 1 amide bonds. The summed E-state index contributed by atoms with van der Waals surface area (Å²) in [5.74, 6) is 2.48. The lowest BCUT2D eigenvalue weighted by molar-refractivity contribution is -0.120. The van der Waals surface area contributed by atoms with Crippen LogP contribution in [-0.4, -0.2) is 43.5 Å². The summed E-state index contributed by atoms with van der Waals surface area (Å²) >= 11 is 0. The maximum absolute atomic E-state index is 12.9. The van der Waals surface area contributed by atoms with Crippen LogP contribution in [0.4, 0.5) is 11.6 Å². The number of nitrogens with one attached hydrogen (secondary N) is 1. The first kappa shape index (κ1) is 19.0. The molecule has 1 fully saturated rings. The summed E-state index contributed by atoms with van der Waals surface area (Å²) < 4.78 is 2.25. The zero-order valence-corrected chi connectivity index (χ0v) is 17.3. The lowest BCUT2D eigenvalue weighted by Gasteiger charge is -2.32. The molecule has 0 unspecified atom stereocenters. The van der Waals surface area contributed by atoms with Gasteiger partial charge >= 0.3 is 0 Å². The number of hydrogen-bond donors (Lipinski definition) is 1. The normalized spacial score (nSPS) is 19.4. The molecule has 3 aromatic heterocycles. The molecule has 0 aliphatic carbocycles. The second-order valence-electron chi connectivity index (χ2n) is 8.36. The van der Waals surface area contributed by atoms with Crippen LogP contribution in [0.25, 0.3) is 11.2 Å². The SMILES string of the molecule is Cc1ccc(NC(=O)[C@@H]2CCCN(c3ncnc4c3nc3n4CCCCC3)C2)nc1. The van der Waals surface area contributed by atoms with Crippen LogP contribution in [0.1, 0.15) is 43.5 Å². The fraction of sp³-hybridized carbons (Fsp3) is 0.500. The van der Waals surface area contributed by atoms with Crippen LogP contribution in [0.5, 0.6) is 0 Å². The van der Waals surface area contributed by atoms with Gasteiger partial charge in [0, 0.05) is 32.3 Å². The lowest BCUT2D eigenvalue weighted by Crippen LogP contribution is -2.41. The molecule has 8 nitrogen and oxygen atoms in total. The Kier molecular flexibility index (Phi) is 5.06. The molecule has 0 bridgehead atoms. The molecule has 5 heterocycles. The van der Waals surface area contributed by atoms with E-state index >= 15 is 0 Å². The summed E-state index contributed by atoms with van der Waals surface area (Å²) in [5, 5.41) is 2.97. The number of rotatable bonds is 3. The number of nitrogens with zero attached hydrogens (tertiary/aromatic N) is 6. The Morgan fingerprint density at radius 2 is 2.03 bits per heavy atom. The number of fused-ring (bicyclic) bond motifs is 3.